The number of nitrogens with one attached hydrogen (secondary N) is 2. The Morgan fingerprint density at radius 2 is 1.47 bits per heavy atom. The van der Waals surface area contributed by atoms with Crippen molar-refractivity contribution in [2.45, 2.75) is 117 Å². The minimum atomic E-state index is -0.759. The molecule has 13 nitrogen and oxygen atoms in total. The number of Topliss-reactive ketones (excluding diaryl/α,β-unsaturated/α-hetero) is 1. The Hall–Kier alpha value is -4.33. The van der Waals surface area contributed by atoms with Crippen molar-refractivity contribution in [3.8, 4) is 5.75 Å². The van der Waals surface area contributed by atoms with Crippen molar-refractivity contribution in [3.63, 3.8) is 0 Å². The van der Waals surface area contributed by atoms with Gasteiger partial charge in [-0.1, -0.05) is 65.0 Å². The van der Waals surface area contributed by atoms with E-state index >= 15 is 0 Å². The van der Waals surface area contributed by atoms with Gasteiger partial charge in [0.25, 0.3) is 0 Å². The van der Waals surface area contributed by atoms with Gasteiger partial charge in [-0.15, -0.1) is 0 Å². The van der Waals surface area contributed by atoms with E-state index in [1.54, 1.807) is 48.2 Å². The summed E-state index contributed by atoms with van der Waals surface area (Å²) in [4.78, 5) is 72.2. The van der Waals surface area contributed by atoms with Crippen LogP contribution in [-0.4, -0.2) is 135 Å². The van der Waals surface area contributed by atoms with Crippen LogP contribution < -0.4 is 15.4 Å². The predicted molar refractivity (Wildman–Crippen MR) is 225 cm³/mol. The van der Waals surface area contributed by atoms with Crippen molar-refractivity contribution in [1.82, 2.24) is 25.3 Å². The van der Waals surface area contributed by atoms with E-state index in [9.17, 15) is 24.0 Å². The standard InChI is InChI=1S/C45H69N5O8/c1-28(2)40(47-44(54)41(29(3)4)48(8)9)45(55)49(10)31(6)38(56-11)26-39(52)50-24-16-19-37(50)42(57-12)30(5)43(53)46-35(25-33-17-14-13-15-18-33)27-58-36-22-20-34(21-23-36)32(7)51/h13-15,17-18,20-23,28-31,35,37-38,40-42H,16,19,24-27H2,1-12H3,(H,46,53)(H,47,54)/t30-,31+,35+,37+,38-,40+,41+,42-/m1/s1. The number of rotatable bonds is 22. The van der Waals surface area contributed by atoms with Gasteiger partial charge in [-0.2, -0.15) is 0 Å². The van der Waals surface area contributed by atoms with Crippen LogP contribution in [0.4, 0.5) is 0 Å². The Labute approximate surface area is 346 Å². The summed E-state index contributed by atoms with van der Waals surface area (Å²) in [7, 11) is 8.47. The molecule has 2 aromatic rings. The SMILES string of the molecule is CO[C@H]([C@@H](C)C(=O)N[C@H](COc1ccc(C(C)=O)cc1)Cc1ccccc1)[C@@H]1CCCN1C(=O)C[C@@H](OC)[C@H](C)N(C)C(=O)[C@@H](NC(=O)[C@H](C(C)C)N(C)C)C(C)C. The van der Waals surface area contributed by atoms with Gasteiger partial charge >= 0.3 is 0 Å². The van der Waals surface area contributed by atoms with Crippen molar-refractivity contribution in [3.05, 3.63) is 65.7 Å². The molecule has 322 valence electrons. The molecule has 0 aromatic heterocycles. The molecule has 2 N–H and O–H groups in total. The number of ether oxygens (including phenoxy) is 3. The number of ketones is 1. The van der Waals surface area contributed by atoms with Gasteiger partial charge in [0.2, 0.25) is 23.6 Å². The molecule has 13 heteroatoms. The van der Waals surface area contributed by atoms with Gasteiger partial charge in [-0.05, 0) is 88.9 Å². The van der Waals surface area contributed by atoms with Gasteiger partial charge in [0.15, 0.2) is 5.78 Å². The van der Waals surface area contributed by atoms with E-state index in [1.807, 2.05) is 90.9 Å². The summed E-state index contributed by atoms with van der Waals surface area (Å²) < 4.78 is 17.9. The maximum atomic E-state index is 14.1. The number of amides is 4. The normalized spacial score (nSPS) is 17.9. The second-order valence-electron chi connectivity index (χ2n) is 16.6. The van der Waals surface area contributed by atoms with Crippen LogP contribution in [0.25, 0.3) is 0 Å². The van der Waals surface area contributed by atoms with Crippen LogP contribution in [0.3, 0.4) is 0 Å². The van der Waals surface area contributed by atoms with Gasteiger partial charge < -0.3 is 34.6 Å². The molecule has 1 fully saturated rings. The van der Waals surface area contributed by atoms with Crippen molar-refractivity contribution in [1.29, 1.82) is 0 Å². The molecule has 0 unspecified atom stereocenters. The number of carbonyl (C=O) groups excluding carboxylic acids is 5. The zero-order valence-corrected chi connectivity index (χ0v) is 36.8. The molecule has 8 atom stereocenters. The Morgan fingerprint density at radius 1 is 0.828 bits per heavy atom. The number of likely N-dealkylation sites (tertiary alicyclic amines) is 1. The Bertz CT molecular complexity index is 1630. The number of likely N-dealkylation sites (N-methyl/N-ethyl adjacent to an activating group) is 2. The van der Waals surface area contributed by atoms with Crippen LogP contribution in [0.2, 0.25) is 0 Å². The van der Waals surface area contributed by atoms with E-state index in [4.69, 9.17) is 14.2 Å². The number of hydrogen-bond donors (Lipinski definition) is 2. The summed E-state index contributed by atoms with van der Waals surface area (Å²) >= 11 is 0. The quantitative estimate of drug-likeness (QED) is 0.163. The molecule has 0 saturated carbocycles. The van der Waals surface area contributed by atoms with Gasteiger partial charge in [0.1, 0.15) is 18.4 Å². The monoisotopic (exact) mass is 808 g/mol. The second-order valence-corrected chi connectivity index (χ2v) is 16.6. The van der Waals surface area contributed by atoms with Gasteiger partial charge in [0.05, 0.1) is 48.7 Å². The number of nitrogens with zero attached hydrogens (tertiary/aromatic N) is 3. The zero-order valence-electron chi connectivity index (χ0n) is 36.8. The molecule has 1 heterocycles. The third-order valence-corrected chi connectivity index (χ3v) is 11.4. The Morgan fingerprint density at radius 3 is 2.00 bits per heavy atom. The highest BCUT2D eigenvalue weighted by Crippen LogP contribution is 2.28. The summed E-state index contributed by atoms with van der Waals surface area (Å²) in [5.74, 6) is -1.02. The fourth-order valence-electron chi connectivity index (χ4n) is 7.95. The van der Waals surface area contributed by atoms with Crippen LogP contribution in [0.5, 0.6) is 5.75 Å². The molecule has 58 heavy (non-hydrogen) atoms. The maximum Gasteiger partial charge on any atom is 0.245 e. The zero-order chi connectivity index (χ0) is 43.3. The number of methoxy groups -OCH3 is 2. The number of carbonyl (C=O) groups is 5. The van der Waals surface area contributed by atoms with E-state index in [-0.39, 0.29) is 66.4 Å². The first kappa shape index (κ1) is 48.0. The predicted octanol–water partition coefficient (Wildman–Crippen LogP) is 4.62. The largest absolute Gasteiger partial charge is 0.491 e. The van der Waals surface area contributed by atoms with Crippen molar-refractivity contribution in [2.75, 3.05) is 48.5 Å². The molecule has 3 rings (SSSR count). The lowest BCUT2D eigenvalue weighted by atomic mass is 9.93. The minimum Gasteiger partial charge on any atom is -0.491 e. The summed E-state index contributed by atoms with van der Waals surface area (Å²) in [5, 5.41) is 6.18. The summed E-state index contributed by atoms with van der Waals surface area (Å²) in [6.45, 7) is 13.6. The molecule has 0 aliphatic carbocycles. The van der Waals surface area contributed by atoms with E-state index in [0.717, 1.165) is 12.0 Å². The molecule has 0 bridgehead atoms. The molecule has 1 aliphatic rings. The molecular formula is C45H69N5O8. The van der Waals surface area contributed by atoms with E-state index in [1.165, 1.54) is 14.0 Å². The highest BCUT2D eigenvalue weighted by molar-refractivity contribution is 5.94. The summed E-state index contributed by atoms with van der Waals surface area (Å²) in [6, 6.07) is 14.4. The summed E-state index contributed by atoms with van der Waals surface area (Å²) in [5.41, 5.74) is 1.63. The molecule has 2 aromatic carbocycles. The van der Waals surface area contributed by atoms with Gasteiger partial charge in [-0.3, -0.25) is 28.9 Å². The molecule has 1 aliphatic heterocycles. The van der Waals surface area contributed by atoms with Crippen LogP contribution in [-0.2, 0) is 35.1 Å². The smallest absolute Gasteiger partial charge is 0.245 e. The second kappa shape index (κ2) is 22.7. The molecule has 4 amide bonds. The lowest BCUT2D eigenvalue weighted by Gasteiger charge is -2.37. The third-order valence-electron chi connectivity index (χ3n) is 11.4. The first-order chi connectivity index (χ1) is 27.4. The van der Waals surface area contributed by atoms with Gasteiger partial charge in [-0.25, -0.2) is 0 Å². The topological polar surface area (TPSA) is 147 Å². The van der Waals surface area contributed by atoms with Crippen LogP contribution in [0.15, 0.2) is 54.6 Å². The molecule has 0 spiro atoms. The highest BCUT2D eigenvalue weighted by atomic mass is 16.5. The Kier molecular flexibility index (Phi) is 18.8. The average molecular weight is 808 g/mol. The first-order valence-electron chi connectivity index (χ1n) is 20.6. The average Bonchev–Trinajstić information content (AvgIpc) is 3.67. The maximum absolute atomic E-state index is 14.1. The van der Waals surface area contributed by atoms with Gasteiger partial charge in [0, 0.05) is 33.4 Å². The first-order valence-corrected chi connectivity index (χ1v) is 20.6. The minimum absolute atomic E-state index is 0.0153. The molecule has 1 saturated heterocycles. The Balaban J connectivity index is 1.71. The fourth-order valence-corrected chi connectivity index (χ4v) is 7.95. The molecular weight excluding hydrogens is 739 g/mol. The van der Waals surface area contributed by atoms with Crippen LogP contribution >= 0.6 is 0 Å². The lowest BCUT2D eigenvalue weighted by molar-refractivity contribution is -0.146. The van der Waals surface area contributed by atoms with Crippen molar-refractivity contribution < 1.29 is 38.2 Å². The number of hydrogen-bond acceptors (Lipinski definition) is 9. The third kappa shape index (κ3) is 13.1. The fraction of sp³-hybridized carbons (Fsp3) is 0.622. The van der Waals surface area contributed by atoms with Crippen molar-refractivity contribution in [2.24, 2.45) is 17.8 Å². The molecule has 0 radical (unpaired) electrons. The van der Waals surface area contributed by atoms with Crippen LogP contribution in [0, 0.1) is 17.8 Å². The van der Waals surface area contributed by atoms with E-state index in [2.05, 4.69) is 10.6 Å². The van der Waals surface area contributed by atoms with E-state index < -0.39 is 36.3 Å². The van der Waals surface area contributed by atoms with E-state index in [0.29, 0.717) is 30.7 Å². The summed E-state index contributed by atoms with van der Waals surface area (Å²) in [6.07, 6.45) is 0.753. The van der Waals surface area contributed by atoms with Crippen LogP contribution in [0.1, 0.15) is 83.7 Å². The number of benzene rings is 2. The van der Waals surface area contributed by atoms with Crippen molar-refractivity contribution >= 4 is 29.4 Å². The highest BCUT2D eigenvalue weighted by Gasteiger charge is 2.42. The lowest BCUT2D eigenvalue weighted by Crippen LogP contribution is -2.58.